The predicted octanol–water partition coefficient (Wildman–Crippen LogP) is 7.66. The molecular weight excluding hydrogens is 640 g/mol. The summed E-state index contributed by atoms with van der Waals surface area (Å²) in [5, 5.41) is 41.7. The van der Waals surface area contributed by atoms with Crippen LogP contribution >= 0.6 is 0 Å². The Labute approximate surface area is 280 Å². The number of aromatic amines is 2. The minimum atomic E-state index is -1.28. The Morgan fingerprint density at radius 1 is 0.400 bits per heavy atom. The highest BCUT2D eigenvalue weighted by atomic mass is 16.4. The quantitative estimate of drug-likeness (QED) is 0.0800. The summed E-state index contributed by atoms with van der Waals surface area (Å²) >= 11 is 0. The van der Waals surface area contributed by atoms with Gasteiger partial charge in [0, 0.05) is 10.8 Å². The maximum Gasteiger partial charge on any atom is 0.336 e. The molecule has 0 aliphatic rings. The molecule has 0 fully saturated rings. The fourth-order valence-corrected chi connectivity index (χ4v) is 6.36. The van der Waals surface area contributed by atoms with Crippen molar-refractivity contribution in [1.82, 2.24) is 19.9 Å². The molecule has 50 heavy (non-hydrogen) atoms. The lowest BCUT2D eigenvalue weighted by molar-refractivity contribution is 0.0681. The molecule has 12 nitrogen and oxygen atoms in total. The van der Waals surface area contributed by atoms with E-state index in [0.29, 0.717) is 32.3 Å². The lowest BCUT2D eigenvalue weighted by atomic mass is 9.84. The number of hydrogen-bond acceptors (Lipinski definition) is 6. The average molecular weight is 665 g/mol. The molecule has 0 aliphatic heterocycles. The molecule has 9 aromatic rings. The Hall–Kier alpha value is -7.34. The second-order valence-electron chi connectivity index (χ2n) is 11.2. The monoisotopic (exact) mass is 664 g/mol. The van der Waals surface area contributed by atoms with Gasteiger partial charge >= 0.3 is 23.9 Å². The van der Waals surface area contributed by atoms with Crippen molar-refractivity contribution in [3.05, 3.63) is 132 Å². The molecule has 2 heterocycles. The lowest BCUT2D eigenvalue weighted by Gasteiger charge is -2.18. The van der Waals surface area contributed by atoms with Crippen molar-refractivity contribution in [2.75, 3.05) is 0 Å². The van der Waals surface area contributed by atoms with Gasteiger partial charge in [0.15, 0.2) is 0 Å². The fraction of sp³-hybridized carbons (Fsp3) is 0. The first kappa shape index (κ1) is 31.3. The van der Waals surface area contributed by atoms with E-state index in [9.17, 15) is 39.6 Å². The summed E-state index contributed by atoms with van der Waals surface area (Å²) in [6.45, 7) is 0. The molecule has 0 amide bonds. The van der Waals surface area contributed by atoms with Gasteiger partial charge in [-0.3, -0.25) is 0 Å². The highest BCUT2D eigenvalue weighted by molar-refractivity contribution is 6.38. The molecule has 6 N–H and O–H groups in total. The topological polar surface area (TPSA) is 207 Å². The number of aromatic nitrogens is 4. The first-order chi connectivity index (χ1) is 24.2. The second-order valence-corrected chi connectivity index (χ2v) is 11.2. The van der Waals surface area contributed by atoms with E-state index >= 15 is 0 Å². The Morgan fingerprint density at radius 3 is 0.980 bits per heavy atom. The minimum Gasteiger partial charge on any atom is -0.478 e. The third-order valence-corrected chi connectivity index (χ3v) is 8.48. The number of carboxylic acid groups (broad SMARTS) is 4. The maximum atomic E-state index is 11.9. The smallest absolute Gasteiger partial charge is 0.336 e. The molecule has 0 radical (unpaired) electrons. The number of nitrogens with one attached hydrogen (secondary N) is 2. The van der Waals surface area contributed by atoms with Crippen molar-refractivity contribution in [3.63, 3.8) is 0 Å². The van der Waals surface area contributed by atoms with Crippen molar-refractivity contribution in [2.45, 2.75) is 0 Å². The second kappa shape index (κ2) is 12.4. The van der Waals surface area contributed by atoms with Crippen molar-refractivity contribution in [1.29, 1.82) is 0 Å². The summed E-state index contributed by atoms with van der Waals surface area (Å²) in [6.07, 6.45) is 3.40. The molecule has 9 rings (SSSR count). The van der Waals surface area contributed by atoms with Crippen LogP contribution < -0.4 is 0 Å². The molecule has 2 aromatic heterocycles. The van der Waals surface area contributed by atoms with Crippen LogP contribution in [-0.4, -0.2) is 64.2 Å². The van der Waals surface area contributed by atoms with Crippen LogP contribution in [0.15, 0.2) is 110 Å². The minimum absolute atomic E-state index is 0.0587. The van der Waals surface area contributed by atoms with Gasteiger partial charge in [-0.25, -0.2) is 29.1 Å². The number of hydrogen-bond donors (Lipinski definition) is 6. The molecule has 0 bridgehead atoms. The van der Waals surface area contributed by atoms with E-state index in [0.717, 1.165) is 22.1 Å². The molecule has 7 aromatic carbocycles. The number of aromatic carboxylic acids is 4. The van der Waals surface area contributed by atoms with Crippen LogP contribution in [-0.2, 0) is 0 Å². The normalized spacial score (nSPS) is 11.0. The van der Waals surface area contributed by atoms with E-state index in [1.165, 1.54) is 48.5 Å². The van der Waals surface area contributed by atoms with Gasteiger partial charge in [-0.05, 0) is 80.8 Å². The number of nitrogens with zero attached hydrogens (tertiary/aromatic N) is 2. The van der Waals surface area contributed by atoms with Crippen LogP contribution in [0.25, 0.3) is 65.2 Å². The Balaban J connectivity index is 0.000000174. The Kier molecular flexibility index (Phi) is 7.73. The van der Waals surface area contributed by atoms with Gasteiger partial charge in [0.1, 0.15) is 0 Å². The molecule has 12 heteroatoms. The molecule has 0 unspecified atom stereocenters. The first-order valence-electron chi connectivity index (χ1n) is 15.0. The van der Waals surface area contributed by atoms with Crippen molar-refractivity contribution >= 4 is 89.0 Å². The van der Waals surface area contributed by atoms with Gasteiger partial charge in [0.25, 0.3) is 0 Å². The SMILES string of the molecule is O=C(O)c1ccc2c3ccc(C(=O)O)c4c(C(=O)O)ccc(c5ccc(C(=O)O)c1c25)c43.c1ccc2[nH]cnc2c1.c1ccc2[nH]cnc2c1. The number of fused-ring (bicyclic) bond motifs is 4. The summed E-state index contributed by atoms with van der Waals surface area (Å²) in [7, 11) is 0. The largest absolute Gasteiger partial charge is 0.478 e. The number of carbonyl (C=O) groups is 4. The first-order valence-corrected chi connectivity index (χ1v) is 15.0. The lowest BCUT2D eigenvalue weighted by Crippen LogP contribution is -2.07. The predicted molar refractivity (Wildman–Crippen MR) is 188 cm³/mol. The summed E-state index contributed by atoms with van der Waals surface area (Å²) in [6, 6.07) is 27.2. The van der Waals surface area contributed by atoms with E-state index in [4.69, 9.17) is 0 Å². The van der Waals surface area contributed by atoms with Gasteiger partial charge in [0.2, 0.25) is 0 Å². The highest BCUT2D eigenvalue weighted by Crippen LogP contribution is 2.44. The third-order valence-electron chi connectivity index (χ3n) is 8.48. The summed E-state index contributed by atoms with van der Waals surface area (Å²) in [5.74, 6) is -5.13. The van der Waals surface area contributed by atoms with Crippen LogP contribution in [0.4, 0.5) is 0 Å². The molecule has 0 saturated heterocycles. The van der Waals surface area contributed by atoms with Crippen molar-refractivity contribution in [2.24, 2.45) is 0 Å². The van der Waals surface area contributed by atoms with Gasteiger partial charge in [-0.2, -0.15) is 0 Å². The van der Waals surface area contributed by atoms with E-state index < -0.39 is 23.9 Å². The van der Waals surface area contributed by atoms with Crippen LogP contribution in [0.2, 0.25) is 0 Å². The Morgan fingerprint density at radius 2 is 0.700 bits per heavy atom. The number of H-pyrrole nitrogens is 2. The van der Waals surface area contributed by atoms with E-state index in [1.807, 2.05) is 48.5 Å². The summed E-state index contributed by atoms with van der Waals surface area (Å²) in [5.41, 5.74) is 3.54. The van der Waals surface area contributed by atoms with Gasteiger partial charge in [-0.1, -0.05) is 48.5 Å². The molecular formula is C38H24N4O8. The zero-order chi connectivity index (χ0) is 35.1. The van der Waals surface area contributed by atoms with Gasteiger partial charge in [0.05, 0.1) is 57.0 Å². The zero-order valence-corrected chi connectivity index (χ0v) is 25.7. The average Bonchev–Trinajstić information content (AvgIpc) is 3.80. The summed E-state index contributed by atoms with van der Waals surface area (Å²) in [4.78, 5) is 61.6. The Bertz CT molecular complexity index is 2430. The van der Waals surface area contributed by atoms with Crippen molar-refractivity contribution in [3.8, 4) is 0 Å². The van der Waals surface area contributed by atoms with Crippen LogP contribution in [0.5, 0.6) is 0 Å². The van der Waals surface area contributed by atoms with Gasteiger partial charge < -0.3 is 30.4 Å². The molecule has 0 spiro atoms. The van der Waals surface area contributed by atoms with Gasteiger partial charge in [-0.15, -0.1) is 0 Å². The number of benzene rings is 7. The molecule has 0 atom stereocenters. The molecule has 0 saturated carbocycles. The van der Waals surface area contributed by atoms with E-state index in [2.05, 4.69) is 19.9 Å². The standard InChI is InChI=1S/C24H12O8.2C7H6N2/c25-21(26)13-5-1-9-10-2-6-15(23(29)30)20-16(24(31)32)8-4-12(18(10)20)11-3-7-14(22(27)28)19(13)17(9)11;2*1-2-4-7-6(3-1)8-5-9-7/h1-8H,(H,25,26)(H,27,28)(H,29,30)(H,31,32);2*1-5H,(H,8,9). The number of carboxylic acids is 4. The maximum absolute atomic E-state index is 11.9. The van der Waals surface area contributed by atoms with Crippen LogP contribution in [0.3, 0.4) is 0 Å². The van der Waals surface area contributed by atoms with E-state index in [-0.39, 0.29) is 33.0 Å². The summed E-state index contributed by atoms with van der Waals surface area (Å²) < 4.78 is 0. The molecule has 244 valence electrons. The molecule has 0 aliphatic carbocycles. The van der Waals surface area contributed by atoms with Crippen molar-refractivity contribution < 1.29 is 39.6 Å². The highest BCUT2D eigenvalue weighted by Gasteiger charge is 2.25. The number of rotatable bonds is 4. The van der Waals surface area contributed by atoms with E-state index in [1.54, 1.807) is 12.7 Å². The van der Waals surface area contributed by atoms with Crippen LogP contribution in [0, 0.1) is 0 Å². The number of para-hydroxylation sites is 4. The fourth-order valence-electron chi connectivity index (χ4n) is 6.36. The number of imidazole rings is 2. The third kappa shape index (κ3) is 5.22. The zero-order valence-electron chi connectivity index (χ0n) is 25.7. The van der Waals surface area contributed by atoms with Crippen LogP contribution in [0.1, 0.15) is 41.4 Å².